The highest BCUT2D eigenvalue weighted by molar-refractivity contribution is 5.85. The standard InChI is InChI=1S/C13H24N2O2.ClH/c1-10(14)11-4-2-6-15(8-11)13(16)12-5-3-7-17-9-12;/h10-12H,2-9,14H2,1H3;1H. The average molecular weight is 277 g/mol. The van der Waals surface area contributed by atoms with Gasteiger partial charge in [0.05, 0.1) is 12.5 Å². The molecule has 2 N–H and O–H groups in total. The third kappa shape index (κ3) is 3.84. The van der Waals surface area contributed by atoms with Crippen LogP contribution in [-0.4, -0.2) is 43.2 Å². The smallest absolute Gasteiger partial charge is 0.228 e. The molecule has 18 heavy (non-hydrogen) atoms. The zero-order valence-corrected chi connectivity index (χ0v) is 12.0. The lowest BCUT2D eigenvalue weighted by molar-refractivity contribution is -0.141. The van der Waals surface area contributed by atoms with Crippen LogP contribution in [0, 0.1) is 11.8 Å². The van der Waals surface area contributed by atoms with Gasteiger partial charge in [0.25, 0.3) is 0 Å². The molecule has 0 aliphatic carbocycles. The Balaban J connectivity index is 0.00000162. The van der Waals surface area contributed by atoms with E-state index in [1.165, 1.54) is 0 Å². The van der Waals surface area contributed by atoms with Gasteiger partial charge in [0.2, 0.25) is 5.91 Å². The van der Waals surface area contributed by atoms with Crippen LogP contribution in [-0.2, 0) is 9.53 Å². The molecule has 0 aromatic rings. The molecule has 0 bridgehead atoms. The van der Waals surface area contributed by atoms with Crippen molar-refractivity contribution in [2.75, 3.05) is 26.3 Å². The van der Waals surface area contributed by atoms with Crippen LogP contribution < -0.4 is 5.73 Å². The molecule has 0 aromatic carbocycles. The van der Waals surface area contributed by atoms with Crippen molar-refractivity contribution in [1.82, 2.24) is 4.90 Å². The van der Waals surface area contributed by atoms with E-state index in [0.717, 1.165) is 45.4 Å². The van der Waals surface area contributed by atoms with Crippen LogP contribution in [0.15, 0.2) is 0 Å². The first kappa shape index (κ1) is 15.7. The van der Waals surface area contributed by atoms with E-state index in [4.69, 9.17) is 10.5 Å². The Morgan fingerprint density at radius 3 is 2.78 bits per heavy atom. The fourth-order valence-electron chi connectivity index (χ4n) is 2.83. The summed E-state index contributed by atoms with van der Waals surface area (Å²) >= 11 is 0. The molecule has 0 radical (unpaired) electrons. The molecule has 3 unspecified atom stereocenters. The van der Waals surface area contributed by atoms with Crippen molar-refractivity contribution < 1.29 is 9.53 Å². The van der Waals surface area contributed by atoms with Crippen LogP contribution in [0.4, 0.5) is 0 Å². The molecule has 2 heterocycles. The normalized spacial score (nSPS) is 30.4. The molecule has 2 aliphatic rings. The van der Waals surface area contributed by atoms with Crippen molar-refractivity contribution >= 4 is 18.3 Å². The van der Waals surface area contributed by atoms with E-state index in [2.05, 4.69) is 0 Å². The Morgan fingerprint density at radius 1 is 1.39 bits per heavy atom. The number of piperidine rings is 1. The van der Waals surface area contributed by atoms with Crippen molar-refractivity contribution in [3.63, 3.8) is 0 Å². The summed E-state index contributed by atoms with van der Waals surface area (Å²) in [6.45, 7) is 5.21. The van der Waals surface area contributed by atoms with Gasteiger partial charge in [0.1, 0.15) is 0 Å². The van der Waals surface area contributed by atoms with Gasteiger partial charge in [-0.3, -0.25) is 4.79 Å². The number of halogens is 1. The van der Waals surface area contributed by atoms with Gasteiger partial charge in [-0.2, -0.15) is 0 Å². The molecule has 5 heteroatoms. The summed E-state index contributed by atoms with van der Waals surface area (Å²) in [6, 6.07) is 0.188. The van der Waals surface area contributed by atoms with E-state index in [0.29, 0.717) is 12.5 Å². The summed E-state index contributed by atoms with van der Waals surface area (Å²) in [5.41, 5.74) is 5.95. The highest BCUT2D eigenvalue weighted by Crippen LogP contribution is 2.23. The lowest BCUT2D eigenvalue weighted by atomic mass is 9.90. The molecular weight excluding hydrogens is 252 g/mol. The second kappa shape index (κ2) is 7.31. The monoisotopic (exact) mass is 276 g/mol. The number of nitrogens with two attached hydrogens (primary N) is 1. The van der Waals surface area contributed by atoms with Gasteiger partial charge < -0.3 is 15.4 Å². The second-order valence-corrected chi connectivity index (χ2v) is 5.46. The van der Waals surface area contributed by atoms with Gasteiger partial charge in [-0.1, -0.05) is 0 Å². The van der Waals surface area contributed by atoms with Crippen molar-refractivity contribution in [3.05, 3.63) is 0 Å². The van der Waals surface area contributed by atoms with Crippen LogP contribution in [0.3, 0.4) is 0 Å². The van der Waals surface area contributed by atoms with E-state index < -0.39 is 0 Å². The number of likely N-dealkylation sites (tertiary alicyclic amines) is 1. The number of ether oxygens (including phenoxy) is 1. The SMILES string of the molecule is CC(N)C1CCCN(C(=O)C2CCCOC2)C1.Cl. The molecule has 0 aromatic heterocycles. The maximum Gasteiger partial charge on any atom is 0.228 e. The van der Waals surface area contributed by atoms with Crippen molar-refractivity contribution in [2.24, 2.45) is 17.6 Å². The van der Waals surface area contributed by atoms with Crippen LogP contribution >= 0.6 is 12.4 Å². The minimum atomic E-state index is 0. The van der Waals surface area contributed by atoms with Crippen molar-refractivity contribution in [3.8, 4) is 0 Å². The van der Waals surface area contributed by atoms with E-state index in [1.54, 1.807) is 0 Å². The largest absolute Gasteiger partial charge is 0.381 e. The van der Waals surface area contributed by atoms with E-state index in [1.807, 2.05) is 11.8 Å². The maximum atomic E-state index is 12.3. The second-order valence-electron chi connectivity index (χ2n) is 5.46. The number of rotatable bonds is 2. The first-order valence-corrected chi connectivity index (χ1v) is 6.80. The minimum Gasteiger partial charge on any atom is -0.381 e. The molecule has 106 valence electrons. The average Bonchev–Trinajstić information content (AvgIpc) is 2.39. The third-order valence-electron chi connectivity index (χ3n) is 4.02. The summed E-state index contributed by atoms with van der Waals surface area (Å²) in [5.74, 6) is 0.850. The number of carbonyl (C=O) groups excluding carboxylic acids is 1. The summed E-state index contributed by atoms with van der Waals surface area (Å²) in [7, 11) is 0. The maximum absolute atomic E-state index is 12.3. The van der Waals surface area contributed by atoms with Gasteiger partial charge in [0.15, 0.2) is 0 Å². The molecule has 3 atom stereocenters. The molecule has 2 aliphatic heterocycles. The molecule has 2 fully saturated rings. The topological polar surface area (TPSA) is 55.6 Å². The molecule has 4 nitrogen and oxygen atoms in total. The number of amides is 1. The zero-order valence-electron chi connectivity index (χ0n) is 11.1. The van der Waals surface area contributed by atoms with Gasteiger partial charge in [0, 0.05) is 25.7 Å². The Bertz CT molecular complexity index is 268. The van der Waals surface area contributed by atoms with Crippen molar-refractivity contribution in [2.45, 2.75) is 38.6 Å². The first-order chi connectivity index (χ1) is 8.18. The van der Waals surface area contributed by atoms with Crippen molar-refractivity contribution in [1.29, 1.82) is 0 Å². The summed E-state index contributed by atoms with van der Waals surface area (Å²) in [6.07, 6.45) is 4.24. The lowest BCUT2D eigenvalue weighted by Gasteiger charge is -2.37. The number of nitrogens with zero attached hydrogens (tertiary/aromatic N) is 1. The number of carbonyl (C=O) groups is 1. The fourth-order valence-corrected chi connectivity index (χ4v) is 2.83. The summed E-state index contributed by atoms with van der Waals surface area (Å²) < 4.78 is 5.40. The molecule has 1 amide bonds. The first-order valence-electron chi connectivity index (χ1n) is 6.80. The highest BCUT2D eigenvalue weighted by atomic mass is 35.5. The fraction of sp³-hybridized carbons (Fsp3) is 0.923. The van der Waals surface area contributed by atoms with Gasteiger partial charge in [-0.05, 0) is 38.5 Å². The van der Waals surface area contributed by atoms with Crippen LogP contribution in [0.5, 0.6) is 0 Å². The van der Waals surface area contributed by atoms with Gasteiger partial charge in [-0.25, -0.2) is 0 Å². The van der Waals surface area contributed by atoms with E-state index in [9.17, 15) is 4.79 Å². The van der Waals surface area contributed by atoms with Gasteiger partial charge >= 0.3 is 0 Å². The zero-order chi connectivity index (χ0) is 12.3. The third-order valence-corrected chi connectivity index (χ3v) is 4.02. The van der Waals surface area contributed by atoms with E-state index >= 15 is 0 Å². The van der Waals surface area contributed by atoms with Crippen LogP contribution in [0.2, 0.25) is 0 Å². The number of hydrogen-bond donors (Lipinski definition) is 1. The summed E-state index contributed by atoms with van der Waals surface area (Å²) in [4.78, 5) is 14.3. The molecule has 2 saturated heterocycles. The van der Waals surface area contributed by atoms with Crippen LogP contribution in [0.25, 0.3) is 0 Å². The molecule has 0 spiro atoms. The van der Waals surface area contributed by atoms with Crippen LogP contribution in [0.1, 0.15) is 32.6 Å². The van der Waals surface area contributed by atoms with E-state index in [-0.39, 0.29) is 30.3 Å². The quantitative estimate of drug-likeness (QED) is 0.830. The Hall–Kier alpha value is -0.320. The Kier molecular flexibility index (Phi) is 6.39. The summed E-state index contributed by atoms with van der Waals surface area (Å²) in [5, 5.41) is 0. The van der Waals surface area contributed by atoms with Gasteiger partial charge in [-0.15, -0.1) is 12.4 Å². The lowest BCUT2D eigenvalue weighted by Crippen LogP contribution is -2.48. The Morgan fingerprint density at radius 2 is 2.17 bits per heavy atom. The Labute approximate surface area is 116 Å². The molecule has 0 saturated carbocycles. The number of hydrogen-bond acceptors (Lipinski definition) is 3. The highest BCUT2D eigenvalue weighted by Gasteiger charge is 2.31. The predicted molar refractivity (Wildman–Crippen MR) is 73.7 cm³/mol. The minimum absolute atomic E-state index is 0. The predicted octanol–water partition coefficient (Wildman–Crippen LogP) is 1.42. The molecule has 2 rings (SSSR count). The molecular formula is C13H25ClN2O2.